The van der Waals surface area contributed by atoms with E-state index >= 15 is 0 Å². The summed E-state index contributed by atoms with van der Waals surface area (Å²) in [5.74, 6) is 1.35. The highest BCUT2D eigenvalue weighted by atomic mass is 16.3. The molecule has 2 aromatic carbocycles. The average molecular weight is 362 g/mol. The third-order valence-electron chi connectivity index (χ3n) is 4.12. The van der Waals surface area contributed by atoms with E-state index in [0.29, 0.717) is 23.4 Å². The predicted molar refractivity (Wildman–Crippen MR) is 105 cm³/mol. The summed E-state index contributed by atoms with van der Waals surface area (Å²) in [7, 11) is 1.85. The minimum Gasteiger partial charge on any atom is -0.465 e. The van der Waals surface area contributed by atoms with E-state index in [2.05, 4.69) is 5.32 Å². The van der Waals surface area contributed by atoms with Gasteiger partial charge in [-0.25, -0.2) is 0 Å². The summed E-state index contributed by atoms with van der Waals surface area (Å²) in [6, 6.07) is 19.9. The SMILES string of the molecule is Cc1ccc(CN(C)CC(=O)Nc2ccccc2C(=O)c2ccccc2)o1. The predicted octanol–water partition coefficient (Wildman–Crippen LogP) is 3.89. The first-order valence-corrected chi connectivity index (χ1v) is 8.75. The van der Waals surface area contributed by atoms with Crippen molar-refractivity contribution in [3.63, 3.8) is 0 Å². The van der Waals surface area contributed by atoms with Gasteiger partial charge in [0.05, 0.1) is 18.8 Å². The van der Waals surface area contributed by atoms with Gasteiger partial charge in [-0.3, -0.25) is 14.5 Å². The fourth-order valence-corrected chi connectivity index (χ4v) is 2.86. The molecule has 5 nitrogen and oxygen atoms in total. The maximum absolute atomic E-state index is 12.7. The first-order valence-electron chi connectivity index (χ1n) is 8.75. The van der Waals surface area contributed by atoms with E-state index in [-0.39, 0.29) is 18.2 Å². The van der Waals surface area contributed by atoms with E-state index in [0.717, 1.165) is 11.5 Å². The number of aryl methyl sites for hydroxylation is 1. The van der Waals surface area contributed by atoms with Gasteiger partial charge >= 0.3 is 0 Å². The van der Waals surface area contributed by atoms with Crippen molar-refractivity contribution in [2.24, 2.45) is 0 Å². The summed E-state index contributed by atoms with van der Waals surface area (Å²) in [6.07, 6.45) is 0. The van der Waals surface area contributed by atoms with Crippen molar-refractivity contribution in [2.45, 2.75) is 13.5 Å². The highest BCUT2D eigenvalue weighted by Crippen LogP contribution is 2.19. The van der Waals surface area contributed by atoms with Gasteiger partial charge in [0.2, 0.25) is 5.91 Å². The molecule has 0 spiro atoms. The Morgan fingerprint density at radius 2 is 1.67 bits per heavy atom. The summed E-state index contributed by atoms with van der Waals surface area (Å²) in [5, 5.41) is 2.85. The lowest BCUT2D eigenvalue weighted by Crippen LogP contribution is -2.30. The second-order valence-corrected chi connectivity index (χ2v) is 6.47. The van der Waals surface area contributed by atoms with Crippen LogP contribution in [0.2, 0.25) is 0 Å². The van der Waals surface area contributed by atoms with Gasteiger partial charge in [0.25, 0.3) is 0 Å². The topological polar surface area (TPSA) is 62.6 Å². The number of likely N-dealkylation sites (N-methyl/N-ethyl adjacent to an activating group) is 1. The third kappa shape index (κ3) is 4.92. The van der Waals surface area contributed by atoms with E-state index in [9.17, 15) is 9.59 Å². The molecule has 27 heavy (non-hydrogen) atoms. The van der Waals surface area contributed by atoms with Gasteiger partial charge < -0.3 is 9.73 Å². The third-order valence-corrected chi connectivity index (χ3v) is 4.12. The number of hydrogen-bond donors (Lipinski definition) is 1. The molecule has 3 aromatic rings. The highest BCUT2D eigenvalue weighted by Gasteiger charge is 2.16. The molecule has 138 valence electrons. The number of benzene rings is 2. The highest BCUT2D eigenvalue weighted by molar-refractivity contribution is 6.13. The Hall–Kier alpha value is -3.18. The second kappa shape index (κ2) is 8.47. The molecule has 0 radical (unpaired) electrons. The normalized spacial score (nSPS) is 10.8. The first-order chi connectivity index (χ1) is 13.0. The molecule has 0 saturated heterocycles. The van der Waals surface area contributed by atoms with Gasteiger partial charge in [0.1, 0.15) is 11.5 Å². The molecule has 1 heterocycles. The number of carbonyl (C=O) groups is 2. The van der Waals surface area contributed by atoms with Crippen molar-refractivity contribution >= 4 is 17.4 Å². The van der Waals surface area contributed by atoms with Crippen molar-refractivity contribution in [2.75, 3.05) is 18.9 Å². The van der Waals surface area contributed by atoms with Crippen LogP contribution < -0.4 is 5.32 Å². The number of nitrogens with zero attached hydrogens (tertiary/aromatic N) is 1. The number of furan rings is 1. The summed E-state index contributed by atoms with van der Waals surface area (Å²) in [5.41, 5.74) is 1.57. The molecule has 0 bridgehead atoms. The van der Waals surface area contributed by atoms with Crippen LogP contribution in [0.3, 0.4) is 0 Å². The number of carbonyl (C=O) groups excluding carboxylic acids is 2. The van der Waals surface area contributed by atoms with Crippen LogP contribution in [0.4, 0.5) is 5.69 Å². The fraction of sp³-hybridized carbons (Fsp3) is 0.182. The molecule has 0 aliphatic rings. The maximum atomic E-state index is 12.7. The van der Waals surface area contributed by atoms with Crippen LogP contribution in [-0.2, 0) is 11.3 Å². The van der Waals surface area contributed by atoms with Gasteiger partial charge in [-0.1, -0.05) is 42.5 Å². The van der Waals surface area contributed by atoms with E-state index in [4.69, 9.17) is 4.42 Å². The Bertz CT molecular complexity index is 931. The summed E-state index contributed by atoms with van der Waals surface area (Å²) >= 11 is 0. The van der Waals surface area contributed by atoms with Gasteiger partial charge in [-0.15, -0.1) is 0 Å². The molecule has 0 fully saturated rings. The smallest absolute Gasteiger partial charge is 0.238 e. The number of para-hydroxylation sites is 1. The molecule has 0 aliphatic carbocycles. The van der Waals surface area contributed by atoms with Crippen molar-refractivity contribution in [1.82, 2.24) is 4.90 Å². The van der Waals surface area contributed by atoms with Crippen LogP contribution in [0.25, 0.3) is 0 Å². The van der Waals surface area contributed by atoms with Crippen molar-refractivity contribution < 1.29 is 14.0 Å². The van der Waals surface area contributed by atoms with Crippen LogP contribution in [0, 0.1) is 6.92 Å². The largest absolute Gasteiger partial charge is 0.465 e. The number of ketones is 1. The Morgan fingerprint density at radius 1 is 0.963 bits per heavy atom. The minimum atomic E-state index is -0.186. The Kier molecular flexibility index (Phi) is 5.84. The lowest BCUT2D eigenvalue weighted by Gasteiger charge is -2.16. The Balaban J connectivity index is 1.66. The average Bonchev–Trinajstić information content (AvgIpc) is 3.06. The molecule has 0 aliphatic heterocycles. The number of rotatable bonds is 7. The van der Waals surface area contributed by atoms with Gasteiger partial charge in [0.15, 0.2) is 5.78 Å². The molecular formula is C22H22N2O3. The number of anilines is 1. The van der Waals surface area contributed by atoms with Crippen molar-refractivity contribution in [1.29, 1.82) is 0 Å². The van der Waals surface area contributed by atoms with Crippen LogP contribution in [0.15, 0.2) is 71.1 Å². The molecule has 0 atom stereocenters. The molecule has 1 N–H and O–H groups in total. The van der Waals surface area contributed by atoms with E-state index in [1.54, 1.807) is 36.4 Å². The number of amides is 1. The zero-order valence-electron chi connectivity index (χ0n) is 15.4. The molecule has 3 rings (SSSR count). The van der Waals surface area contributed by atoms with E-state index < -0.39 is 0 Å². The second-order valence-electron chi connectivity index (χ2n) is 6.47. The summed E-state index contributed by atoms with van der Waals surface area (Å²) in [6.45, 7) is 2.61. The maximum Gasteiger partial charge on any atom is 0.238 e. The molecule has 0 unspecified atom stereocenters. The van der Waals surface area contributed by atoms with Crippen LogP contribution in [0.5, 0.6) is 0 Å². The first kappa shape index (κ1) is 18.6. The molecular weight excluding hydrogens is 340 g/mol. The quantitative estimate of drug-likeness (QED) is 0.648. The van der Waals surface area contributed by atoms with Gasteiger partial charge in [-0.2, -0.15) is 0 Å². The van der Waals surface area contributed by atoms with Crippen LogP contribution in [0.1, 0.15) is 27.4 Å². The summed E-state index contributed by atoms with van der Waals surface area (Å²) < 4.78 is 5.54. The van der Waals surface area contributed by atoms with Gasteiger partial charge in [0, 0.05) is 11.1 Å². The van der Waals surface area contributed by atoms with Gasteiger partial charge in [-0.05, 0) is 38.2 Å². The Morgan fingerprint density at radius 3 is 2.37 bits per heavy atom. The summed E-state index contributed by atoms with van der Waals surface area (Å²) in [4.78, 5) is 27.0. The molecule has 5 heteroatoms. The van der Waals surface area contributed by atoms with E-state index in [1.807, 2.05) is 49.2 Å². The zero-order valence-corrected chi connectivity index (χ0v) is 15.4. The molecule has 1 amide bonds. The molecule has 1 aromatic heterocycles. The Labute approximate surface area is 158 Å². The zero-order chi connectivity index (χ0) is 19.2. The number of hydrogen-bond acceptors (Lipinski definition) is 4. The van der Waals surface area contributed by atoms with E-state index in [1.165, 1.54) is 0 Å². The minimum absolute atomic E-state index is 0.120. The van der Waals surface area contributed by atoms with Crippen molar-refractivity contribution in [3.05, 3.63) is 89.4 Å². The monoisotopic (exact) mass is 362 g/mol. The van der Waals surface area contributed by atoms with Crippen LogP contribution in [-0.4, -0.2) is 30.2 Å². The van der Waals surface area contributed by atoms with Crippen molar-refractivity contribution in [3.8, 4) is 0 Å². The van der Waals surface area contributed by atoms with Crippen LogP contribution >= 0.6 is 0 Å². The molecule has 0 saturated carbocycles. The fourth-order valence-electron chi connectivity index (χ4n) is 2.86. The number of nitrogens with one attached hydrogen (secondary N) is 1. The lowest BCUT2D eigenvalue weighted by atomic mass is 10.0. The lowest BCUT2D eigenvalue weighted by molar-refractivity contribution is -0.117. The standard InChI is InChI=1S/C22H22N2O3/c1-16-12-13-18(27-16)14-24(2)15-21(25)23-20-11-7-6-10-19(20)22(26)17-8-4-3-5-9-17/h3-13H,14-15H2,1-2H3,(H,23,25).